The molecule has 1 heterocycles. The molecule has 0 bridgehead atoms. The van der Waals surface area contributed by atoms with Crippen LogP contribution in [0.15, 0.2) is 54.6 Å². The average Bonchev–Trinajstić information content (AvgIpc) is 3.24. The lowest BCUT2D eigenvalue weighted by Gasteiger charge is -2.11. The van der Waals surface area contributed by atoms with Crippen LogP contribution < -0.4 is 14.8 Å². The van der Waals surface area contributed by atoms with Crippen molar-refractivity contribution in [1.29, 1.82) is 0 Å². The van der Waals surface area contributed by atoms with Gasteiger partial charge in [-0.25, -0.2) is 4.79 Å². The lowest BCUT2D eigenvalue weighted by Crippen LogP contribution is -2.13. The Morgan fingerprint density at radius 1 is 1.03 bits per heavy atom. The first-order valence-corrected chi connectivity index (χ1v) is 12.0. The molecule has 1 aliphatic rings. The van der Waals surface area contributed by atoms with Crippen molar-refractivity contribution in [2.45, 2.75) is 32.3 Å². The molecular formula is C27H27NO5S. The van der Waals surface area contributed by atoms with Gasteiger partial charge in [0, 0.05) is 11.0 Å². The minimum Gasteiger partial charge on any atom is -0.493 e. The van der Waals surface area contributed by atoms with E-state index in [-0.39, 0.29) is 5.91 Å². The molecule has 34 heavy (non-hydrogen) atoms. The second-order valence-corrected chi connectivity index (χ2v) is 9.02. The Morgan fingerprint density at radius 2 is 1.82 bits per heavy atom. The third kappa shape index (κ3) is 5.48. The van der Waals surface area contributed by atoms with Gasteiger partial charge in [-0.3, -0.25) is 4.79 Å². The van der Waals surface area contributed by atoms with Gasteiger partial charge >= 0.3 is 5.97 Å². The van der Waals surface area contributed by atoms with Gasteiger partial charge in [-0.05, 0) is 60.6 Å². The molecule has 0 radical (unpaired) electrons. The van der Waals surface area contributed by atoms with Gasteiger partial charge in [-0.15, -0.1) is 11.3 Å². The predicted octanol–water partition coefficient (Wildman–Crippen LogP) is 5.65. The molecule has 4 rings (SSSR count). The molecule has 3 aromatic rings. The molecule has 176 valence electrons. The van der Waals surface area contributed by atoms with Crippen LogP contribution in [0.2, 0.25) is 0 Å². The highest BCUT2D eigenvalue weighted by molar-refractivity contribution is 7.17. The van der Waals surface area contributed by atoms with Crippen LogP contribution in [0.4, 0.5) is 5.00 Å². The third-order valence-electron chi connectivity index (χ3n) is 5.65. The first-order valence-electron chi connectivity index (χ1n) is 11.2. The van der Waals surface area contributed by atoms with Gasteiger partial charge in [0.15, 0.2) is 11.5 Å². The van der Waals surface area contributed by atoms with Crippen molar-refractivity contribution in [2.24, 2.45) is 0 Å². The van der Waals surface area contributed by atoms with Gasteiger partial charge in [0.2, 0.25) is 5.91 Å². The van der Waals surface area contributed by atoms with Gasteiger partial charge in [0.05, 0.1) is 19.8 Å². The predicted molar refractivity (Wildman–Crippen MR) is 134 cm³/mol. The molecule has 0 saturated carbocycles. The first kappa shape index (κ1) is 23.6. The van der Waals surface area contributed by atoms with E-state index in [2.05, 4.69) is 5.32 Å². The quantitative estimate of drug-likeness (QED) is 0.335. The van der Waals surface area contributed by atoms with Crippen molar-refractivity contribution in [2.75, 3.05) is 19.5 Å². The zero-order valence-corrected chi connectivity index (χ0v) is 20.1. The molecule has 1 amide bonds. The standard InChI is InChI=1S/C27H27NO5S/c1-31-22-16-18(12-14-21(22)33-17-19-8-4-3-5-9-19)13-15-24(29)28-26-25(27(30)32-2)20-10-6-7-11-23(20)34-26/h3-5,8-9,12-16H,6-7,10-11,17H2,1-2H3,(H,28,29)/b15-13+. The van der Waals surface area contributed by atoms with E-state index in [1.54, 1.807) is 13.2 Å². The number of fused-ring (bicyclic) bond motifs is 1. The number of hydrogen-bond donors (Lipinski definition) is 1. The molecule has 2 aromatic carbocycles. The van der Waals surface area contributed by atoms with E-state index in [4.69, 9.17) is 14.2 Å². The summed E-state index contributed by atoms with van der Waals surface area (Å²) in [4.78, 5) is 26.2. The summed E-state index contributed by atoms with van der Waals surface area (Å²) in [5.41, 5.74) is 3.35. The van der Waals surface area contributed by atoms with E-state index >= 15 is 0 Å². The molecule has 0 saturated heterocycles. The summed E-state index contributed by atoms with van der Waals surface area (Å²) < 4.78 is 16.3. The molecule has 1 aromatic heterocycles. The Balaban J connectivity index is 1.45. The van der Waals surface area contributed by atoms with E-state index in [0.29, 0.717) is 28.7 Å². The van der Waals surface area contributed by atoms with Crippen LogP contribution in [0.3, 0.4) is 0 Å². The molecule has 1 aliphatic carbocycles. The van der Waals surface area contributed by atoms with Crippen LogP contribution in [0.5, 0.6) is 11.5 Å². The van der Waals surface area contributed by atoms with Crippen LogP contribution in [0.25, 0.3) is 6.08 Å². The van der Waals surface area contributed by atoms with Crippen molar-refractivity contribution < 1.29 is 23.8 Å². The normalized spacial score (nSPS) is 12.8. The molecule has 7 heteroatoms. The Bertz CT molecular complexity index is 1200. The Labute approximate surface area is 203 Å². The van der Waals surface area contributed by atoms with Crippen molar-refractivity contribution in [1.82, 2.24) is 0 Å². The van der Waals surface area contributed by atoms with Crippen molar-refractivity contribution >= 4 is 34.3 Å². The zero-order valence-electron chi connectivity index (χ0n) is 19.3. The summed E-state index contributed by atoms with van der Waals surface area (Å²) in [6.07, 6.45) is 7.03. The number of rotatable bonds is 8. The molecule has 6 nitrogen and oxygen atoms in total. The Kier molecular flexibility index (Phi) is 7.65. The number of esters is 1. The van der Waals surface area contributed by atoms with Crippen molar-refractivity contribution in [3.63, 3.8) is 0 Å². The van der Waals surface area contributed by atoms with E-state index in [1.165, 1.54) is 24.5 Å². The fraction of sp³-hybridized carbons (Fsp3) is 0.259. The summed E-state index contributed by atoms with van der Waals surface area (Å²) in [6, 6.07) is 15.4. The van der Waals surface area contributed by atoms with Gasteiger partial charge in [0.25, 0.3) is 0 Å². The minimum atomic E-state index is -0.408. The minimum absolute atomic E-state index is 0.313. The number of amides is 1. The van der Waals surface area contributed by atoms with Gasteiger partial charge in [-0.2, -0.15) is 0 Å². The molecule has 0 unspecified atom stereocenters. The summed E-state index contributed by atoms with van der Waals surface area (Å²) >= 11 is 1.46. The molecule has 0 fully saturated rings. The third-order valence-corrected chi connectivity index (χ3v) is 6.86. The number of aryl methyl sites for hydroxylation is 1. The van der Waals surface area contributed by atoms with E-state index in [0.717, 1.165) is 47.3 Å². The highest BCUT2D eigenvalue weighted by atomic mass is 32.1. The van der Waals surface area contributed by atoms with Crippen molar-refractivity contribution in [3.8, 4) is 11.5 Å². The fourth-order valence-corrected chi connectivity index (χ4v) is 5.22. The van der Waals surface area contributed by atoms with Crippen LogP contribution in [-0.2, 0) is 29.0 Å². The summed E-state index contributed by atoms with van der Waals surface area (Å²) in [6.45, 7) is 0.433. The van der Waals surface area contributed by atoms with Gasteiger partial charge < -0.3 is 19.5 Å². The number of benzene rings is 2. The van der Waals surface area contributed by atoms with Crippen LogP contribution in [-0.4, -0.2) is 26.1 Å². The summed E-state index contributed by atoms with van der Waals surface area (Å²) in [7, 11) is 2.94. The number of thiophene rings is 1. The second-order valence-electron chi connectivity index (χ2n) is 7.91. The highest BCUT2D eigenvalue weighted by Crippen LogP contribution is 2.38. The molecule has 0 atom stereocenters. The van der Waals surface area contributed by atoms with Crippen LogP contribution >= 0.6 is 11.3 Å². The molecule has 0 aliphatic heterocycles. The Morgan fingerprint density at radius 3 is 2.59 bits per heavy atom. The first-order chi connectivity index (χ1) is 16.6. The Hall–Kier alpha value is -3.58. The number of ether oxygens (including phenoxy) is 3. The average molecular weight is 478 g/mol. The number of methoxy groups -OCH3 is 2. The van der Waals surface area contributed by atoms with Gasteiger partial charge in [0.1, 0.15) is 11.6 Å². The largest absolute Gasteiger partial charge is 0.493 e. The van der Waals surface area contributed by atoms with Crippen LogP contribution in [0.1, 0.15) is 44.8 Å². The lowest BCUT2D eigenvalue weighted by molar-refractivity contribution is -0.111. The van der Waals surface area contributed by atoms with Gasteiger partial charge in [-0.1, -0.05) is 36.4 Å². The number of nitrogens with one attached hydrogen (secondary N) is 1. The SMILES string of the molecule is COC(=O)c1c(NC(=O)/C=C/c2ccc(OCc3ccccc3)c(OC)c2)sc2c1CCCC2. The second kappa shape index (κ2) is 11.0. The summed E-state index contributed by atoms with van der Waals surface area (Å²) in [5.74, 6) is 0.485. The lowest BCUT2D eigenvalue weighted by atomic mass is 9.95. The fourth-order valence-electron chi connectivity index (χ4n) is 3.94. The smallest absolute Gasteiger partial charge is 0.341 e. The van der Waals surface area contributed by atoms with E-state index in [9.17, 15) is 9.59 Å². The maximum absolute atomic E-state index is 12.6. The maximum Gasteiger partial charge on any atom is 0.341 e. The zero-order chi connectivity index (χ0) is 23.9. The van der Waals surface area contributed by atoms with Crippen LogP contribution in [0, 0.1) is 0 Å². The monoisotopic (exact) mass is 477 g/mol. The molecular weight excluding hydrogens is 450 g/mol. The molecule has 1 N–H and O–H groups in total. The summed E-state index contributed by atoms with van der Waals surface area (Å²) in [5, 5.41) is 3.42. The highest BCUT2D eigenvalue weighted by Gasteiger charge is 2.26. The number of carbonyl (C=O) groups is 2. The number of anilines is 1. The number of hydrogen-bond acceptors (Lipinski definition) is 6. The topological polar surface area (TPSA) is 73.9 Å². The maximum atomic E-state index is 12.6. The van der Waals surface area contributed by atoms with Crippen molar-refractivity contribution in [3.05, 3.63) is 81.7 Å². The van der Waals surface area contributed by atoms with E-state index in [1.807, 2.05) is 48.5 Å². The van der Waals surface area contributed by atoms with E-state index < -0.39 is 5.97 Å². The number of carbonyl (C=O) groups excluding carboxylic acids is 2. The molecule has 0 spiro atoms.